The minimum absolute atomic E-state index is 0.141. The molecule has 25 heavy (non-hydrogen) atoms. The van der Waals surface area contributed by atoms with Gasteiger partial charge in [-0.2, -0.15) is 5.26 Å². The Bertz CT molecular complexity index is 840. The van der Waals surface area contributed by atoms with E-state index in [9.17, 15) is 14.4 Å². The SMILES string of the molecule is CNC(=O)[C@H](C#N)C(=O)c1cccc(C(=O)N(C)c2ccccc2)c1. The molecule has 1 atom stereocenters. The number of nitrogens with zero attached hydrogens (tertiary/aromatic N) is 2. The quantitative estimate of drug-likeness (QED) is 0.669. The minimum Gasteiger partial charge on any atom is -0.358 e. The average molecular weight is 335 g/mol. The molecule has 0 saturated carbocycles. The van der Waals surface area contributed by atoms with E-state index in [1.807, 2.05) is 18.2 Å². The standard InChI is InChI=1S/C19H17N3O3/c1-21-18(24)16(12-20)17(23)13-7-6-8-14(11-13)19(25)22(2)15-9-4-3-5-10-15/h3-11,16H,1-2H3,(H,21,24)/t16-/m1/s1. The highest BCUT2D eigenvalue weighted by molar-refractivity contribution is 6.13. The Labute approximate surface area is 145 Å². The summed E-state index contributed by atoms with van der Waals surface area (Å²) in [6.45, 7) is 0. The van der Waals surface area contributed by atoms with Gasteiger partial charge in [0.05, 0.1) is 6.07 Å². The van der Waals surface area contributed by atoms with E-state index in [0.717, 1.165) is 0 Å². The van der Waals surface area contributed by atoms with Crippen LogP contribution < -0.4 is 10.2 Å². The molecular formula is C19H17N3O3. The van der Waals surface area contributed by atoms with Gasteiger partial charge in [0, 0.05) is 30.9 Å². The highest BCUT2D eigenvalue weighted by Crippen LogP contribution is 2.17. The largest absolute Gasteiger partial charge is 0.358 e. The highest BCUT2D eigenvalue weighted by atomic mass is 16.2. The first kappa shape index (κ1) is 17.9. The fraction of sp³-hybridized carbons (Fsp3) is 0.158. The first-order valence-electron chi connectivity index (χ1n) is 7.58. The van der Waals surface area contributed by atoms with E-state index < -0.39 is 17.6 Å². The molecule has 6 nitrogen and oxygen atoms in total. The van der Waals surface area contributed by atoms with Gasteiger partial charge in [-0.1, -0.05) is 30.3 Å². The topological polar surface area (TPSA) is 90.3 Å². The van der Waals surface area contributed by atoms with E-state index in [4.69, 9.17) is 5.26 Å². The summed E-state index contributed by atoms with van der Waals surface area (Å²) < 4.78 is 0. The molecule has 0 bridgehead atoms. The summed E-state index contributed by atoms with van der Waals surface area (Å²) in [6.07, 6.45) is 0. The Balaban J connectivity index is 2.29. The van der Waals surface area contributed by atoms with Crippen molar-refractivity contribution in [3.05, 3.63) is 65.7 Å². The van der Waals surface area contributed by atoms with Gasteiger partial charge in [-0.05, 0) is 24.3 Å². The molecule has 0 saturated heterocycles. The smallest absolute Gasteiger partial charge is 0.258 e. The lowest BCUT2D eigenvalue weighted by Gasteiger charge is -2.17. The number of nitrogens with one attached hydrogen (secondary N) is 1. The monoisotopic (exact) mass is 335 g/mol. The van der Waals surface area contributed by atoms with Crippen LogP contribution in [-0.2, 0) is 4.79 Å². The van der Waals surface area contributed by atoms with Crippen LogP contribution in [-0.4, -0.2) is 31.7 Å². The molecule has 0 aliphatic rings. The molecule has 0 aliphatic heterocycles. The van der Waals surface area contributed by atoms with Crippen LogP contribution in [0.3, 0.4) is 0 Å². The van der Waals surface area contributed by atoms with Crippen LogP contribution >= 0.6 is 0 Å². The third-order valence-corrected chi connectivity index (χ3v) is 3.74. The molecule has 0 fully saturated rings. The average Bonchev–Trinajstić information content (AvgIpc) is 2.67. The molecule has 2 aromatic carbocycles. The number of ketones is 1. The summed E-state index contributed by atoms with van der Waals surface area (Å²) in [5.41, 5.74) is 1.15. The van der Waals surface area contributed by atoms with Crippen molar-refractivity contribution >= 4 is 23.3 Å². The van der Waals surface area contributed by atoms with Crippen molar-refractivity contribution in [2.75, 3.05) is 19.0 Å². The summed E-state index contributed by atoms with van der Waals surface area (Å²) >= 11 is 0. The Morgan fingerprint density at radius 3 is 2.28 bits per heavy atom. The maximum atomic E-state index is 12.6. The fourth-order valence-electron chi connectivity index (χ4n) is 2.32. The number of hydrogen-bond donors (Lipinski definition) is 1. The summed E-state index contributed by atoms with van der Waals surface area (Å²) in [5, 5.41) is 11.4. The zero-order chi connectivity index (χ0) is 18.4. The third-order valence-electron chi connectivity index (χ3n) is 3.74. The van der Waals surface area contributed by atoms with Crippen molar-refractivity contribution in [2.24, 2.45) is 5.92 Å². The fourth-order valence-corrected chi connectivity index (χ4v) is 2.32. The highest BCUT2D eigenvalue weighted by Gasteiger charge is 2.27. The van der Waals surface area contributed by atoms with Crippen molar-refractivity contribution in [3.63, 3.8) is 0 Å². The van der Waals surface area contributed by atoms with Crippen LogP contribution in [0.25, 0.3) is 0 Å². The third kappa shape index (κ3) is 3.90. The molecule has 1 N–H and O–H groups in total. The van der Waals surface area contributed by atoms with Crippen LogP contribution in [0, 0.1) is 17.2 Å². The Morgan fingerprint density at radius 1 is 1.04 bits per heavy atom. The first-order valence-corrected chi connectivity index (χ1v) is 7.58. The van der Waals surface area contributed by atoms with Gasteiger partial charge in [0.15, 0.2) is 11.7 Å². The number of para-hydroxylation sites is 1. The van der Waals surface area contributed by atoms with E-state index in [2.05, 4.69) is 5.32 Å². The molecule has 2 amide bonds. The number of Topliss-reactive ketones (excluding diaryl/α,β-unsaturated/α-hetero) is 1. The number of carbonyl (C=O) groups excluding carboxylic acids is 3. The number of carbonyl (C=O) groups is 3. The van der Waals surface area contributed by atoms with Crippen LogP contribution in [0.5, 0.6) is 0 Å². The second kappa shape index (κ2) is 7.88. The van der Waals surface area contributed by atoms with Gasteiger partial charge in [-0.25, -0.2) is 0 Å². The maximum absolute atomic E-state index is 12.6. The molecule has 126 valence electrons. The van der Waals surface area contributed by atoms with Crippen molar-refractivity contribution < 1.29 is 14.4 Å². The molecule has 0 heterocycles. The molecule has 0 aromatic heterocycles. The number of hydrogen-bond acceptors (Lipinski definition) is 4. The van der Waals surface area contributed by atoms with Gasteiger partial charge in [-0.3, -0.25) is 14.4 Å². The molecule has 0 spiro atoms. The number of benzene rings is 2. The van der Waals surface area contributed by atoms with Gasteiger partial charge in [-0.15, -0.1) is 0 Å². The number of rotatable bonds is 5. The van der Waals surface area contributed by atoms with E-state index in [-0.39, 0.29) is 11.5 Å². The van der Waals surface area contributed by atoms with Crippen LogP contribution in [0.1, 0.15) is 20.7 Å². The second-order valence-corrected chi connectivity index (χ2v) is 5.32. The summed E-state index contributed by atoms with van der Waals surface area (Å²) in [4.78, 5) is 38.1. The second-order valence-electron chi connectivity index (χ2n) is 5.32. The van der Waals surface area contributed by atoms with E-state index >= 15 is 0 Å². The van der Waals surface area contributed by atoms with E-state index in [0.29, 0.717) is 11.3 Å². The Hall–Kier alpha value is -3.46. The molecule has 0 radical (unpaired) electrons. The molecule has 2 aromatic rings. The molecular weight excluding hydrogens is 318 g/mol. The summed E-state index contributed by atoms with van der Waals surface area (Å²) in [6, 6.07) is 16.8. The van der Waals surface area contributed by atoms with Crippen molar-refractivity contribution in [1.29, 1.82) is 5.26 Å². The predicted molar refractivity (Wildman–Crippen MR) is 93.1 cm³/mol. The predicted octanol–water partition coefficient (Wildman–Crippen LogP) is 2.03. The lowest BCUT2D eigenvalue weighted by Crippen LogP contribution is -2.32. The molecule has 6 heteroatoms. The minimum atomic E-state index is -1.44. The normalized spacial score (nSPS) is 11.1. The Kier molecular flexibility index (Phi) is 5.64. The first-order chi connectivity index (χ1) is 12.0. The van der Waals surface area contributed by atoms with E-state index in [1.165, 1.54) is 24.1 Å². The zero-order valence-corrected chi connectivity index (χ0v) is 13.9. The van der Waals surface area contributed by atoms with Crippen molar-refractivity contribution in [1.82, 2.24) is 5.32 Å². The molecule has 0 aliphatic carbocycles. The number of anilines is 1. The van der Waals surface area contributed by atoms with Gasteiger partial charge in [0.1, 0.15) is 0 Å². The number of amides is 2. The van der Waals surface area contributed by atoms with Crippen LogP contribution in [0.2, 0.25) is 0 Å². The lowest BCUT2D eigenvalue weighted by molar-refractivity contribution is -0.121. The van der Waals surface area contributed by atoms with Crippen molar-refractivity contribution in [3.8, 4) is 6.07 Å². The van der Waals surface area contributed by atoms with Gasteiger partial charge < -0.3 is 10.2 Å². The lowest BCUT2D eigenvalue weighted by atomic mass is 9.96. The molecule has 2 rings (SSSR count). The summed E-state index contributed by atoms with van der Waals surface area (Å²) in [5.74, 6) is -3.05. The maximum Gasteiger partial charge on any atom is 0.258 e. The van der Waals surface area contributed by atoms with Crippen molar-refractivity contribution in [2.45, 2.75) is 0 Å². The van der Waals surface area contributed by atoms with Gasteiger partial charge in [0.25, 0.3) is 5.91 Å². The Morgan fingerprint density at radius 2 is 1.68 bits per heavy atom. The molecule has 0 unspecified atom stereocenters. The van der Waals surface area contributed by atoms with Gasteiger partial charge >= 0.3 is 0 Å². The van der Waals surface area contributed by atoms with Crippen LogP contribution in [0.4, 0.5) is 5.69 Å². The van der Waals surface area contributed by atoms with Gasteiger partial charge in [0.2, 0.25) is 5.91 Å². The van der Waals surface area contributed by atoms with Crippen LogP contribution in [0.15, 0.2) is 54.6 Å². The number of nitriles is 1. The zero-order valence-electron chi connectivity index (χ0n) is 13.9. The summed E-state index contributed by atoms with van der Waals surface area (Å²) in [7, 11) is 2.99. The van der Waals surface area contributed by atoms with E-state index in [1.54, 1.807) is 37.4 Å².